The molecule has 0 aliphatic carbocycles. The van der Waals surface area contributed by atoms with Crippen molar-refractivity contribution < 1.29 is 4.74 Å². The highest BCUT2D eigenvalue weighted by Gasteiger charge is 2.11. The summed E-state index contributed by atoms with van der Waals surface area (Å²) in [5.41, 5.74) is 3.02. The summed E-state index contributed by atoms with van der Waals surface area (Å²) in [7, 11) is 0. The molecule has 0 N–H and O–H groups in total. The smallest absolute Gasteiger partial charge is 0.195 e. The lowest BCUT2D eigenvalue weighted by atomic mass is 10.3. The fraction of sp³-hybridized carbons (Fsp3) is 0.125. The first-order valence-electron chi connectivity index (χ1n) is 6.81. The molecule has 0 radical (unpaired) electrons. The molecule has 4 rings (SSSR count). The van der Waals surface area contributed by atoms with Crippen LogP contribution in [0, 0.1) is 0 Å². The third kappa shape index (κ3) is 2.06. The lowest BCUT2D eigenvalue weighted by Crippen LogP contribution is -1.91. The van der Waals surface area contributed by atoms with Crippen molar-refractivity contribution >= 4 is 27.3 Å². The summed E-state index contributed by atoms with van der Waals surface area (Å²) < 4.78 is 7.68. The van der Waals surface area contributed by atoms with Gasteiger partial charge in [-0.1, -0.05) is 17.4 Å². The van der Waals surface area contributed by atoms with Crippen molar-refractivity contribution in [2.75, 3.05) is 6.61 Å². The average Bonchev–Trinajstić information content (AvgIpc) is 3.06. The summed E-state index contributed by atoms with van der Waals surface area (Å²) in [6.07, 6.45) is 3.90. The molecule has 0 aliphatic heterocycles. The molecule has 0 atom stereocenters. The first-order valence-corrected chi connectivity index (χ1v) is 7.62. The van der Waals surface area contributed by atoms with Crippen LogP contribution in [0.4, 0.5) is 0 Å². The first-order chi connectivity index (χ1) is 10.3. The van der Waals surface area contributed by atoms with E-state index in [4.69, 9.17) is 4.74 Å². The maximum Gasteiger partial charge on any atom is 0.195 e. The number of fused-ring (bicyclic) bond motifs is 3. The van der Waals surface area contributed by atoms with Crippen LogP contribution in [0.3, 0.4) is 0 Å². The molecular formula is C16H13N3OS. The number of aromatic nitrogens is 3. The first kappa shape index (κ1) is 12.3. The highest BCUT2D eigenvalue weighted by Crippen LogP contribution is 2.31. The SMILES string of the molecule is CCOc1ccc2nc3sc(-c4ccccn4)cn3c2c1. The standard InChI is InChI=1S/C16H13N3OS/c1-2-20-11-6-7-12-14(9-11)19-10-15(21-16(19)18-12)13-5-3-4-8-17-13/h3-10H,2H2,1H3. The minimum Gasteiger partial charge on any atom is -0.494 e. The van der Waals surface area contributed by atoms with Crippen LogP contribution in [-0.4, -0.2) is 21.0 Å². The van der Waals surface area contributed by atoms with Gasteiger partial charge in [0.15, 0.2) is 4.96 Å². The van der Waals surface area contributed by atoms with Crippen LogP contribution in [-0.2, 0) is 0 Å². The van der Waals surface area contributed by atoms with Crippen LogP contribution >= 0.6 is 11.3 Å². The van der Waals surface area contributed by atoms with Gasteiger partial charge in [-0.2, -0.15) is 0 Å². The predicted molar refractivity (Wildman–Crippen MR) is 85.0 cm³/mol. The Morgan fingerprint density at radius 3 is 3.00 bits per heavy atom. The molecule has 3 heterocycles. The predicted octanol–water partition coefficient (Wildman–Crippen LogP) is 4.01. The summed E-state index contributed by atoms with van der Waals surface area (Å²) in [6, 6.07) is 11.9. The molecular weight excluding hydrogens is 282 g/mol. The molecule has 21 heavy (non-hydrogen) atoms. The molecule has 1 aromatic carbocycles. The van der Waals surface area contributed by atoms with Crippen molar-refractivity contribution in [1.82, 2.24) is 14.4 Å². The number of hydrogen-bond acceptors (Lipinski definition) is 4. The van der Waals surface area contributed by atoms with E-state index in [1.807, 2.05) is 49.5 Å². The molecule has 0 spiro atoms. The van der Waals surface area contributed by atoms with E-state index in [2.05, 4.69) is 20.6 Å². The van der Waals surface area contributed by atoms with Crippen LogP contribution in [0.5, 0.6) is 5.75 Å². The van der Waals surface area contributed by atoms with E-state index in [9.17, 15) is 0 Å². The lowest BCUT2D eigenvalue weighted by molar-refractivity contribution is 0.340. The third-order valence-corrected chi connectivity index (χ3v) is 4.31. The Morgan fingerprint density at radius 1 is 1.24 bits per heavy atom. The van der Waals surface area contributed by atoms with Crippen LogP contribution in [0.1, 0.15) is 6.92 Å². The molecule has 0 unspecified atom stereocenters. The average molecular weight is 295 g/mol. The molecule has 0 bridgehead atoms. The fourth-order valence-corrected chi connectivity index (χ4v) is 3.35. The Labute approximate surface area is 125 Å². The van der Waals surface area contributed by atoms with Gasteiger partial charge >= 0.3 is 0 Å². The number of nitrogens with zero attached hydrogens (tertiary/aromatic N) is 3. The zero-order valence-electron chi connectivity index (χ0n) is 11.5. The number of pyridine rings is 1. The minimum absolute atomic E-state index is 0.663. The van der Waals surface area contributed by atoms with E-state index in [0.717, 1.165) is 32.3 Å². The van der Waals surface area contributed by atoms with E-state index >= 15 is 0 Å². The van der Waals surface area contributed by atoms with Gasteiger partial charge in [-0.05, 0) is 31.2 Å². The number of imidazole rings is 1. The number of thiazole rings is 1. The molecule has 4 nitrogen and oxygen atoms in total. The van der Waals surface area contributed by atoms with Gasteiger partial charge in [-0.15, -0.1) is 0 Å². The molecule has 0 saturated heterocycles. The maximum absolute atomic E-state index is 5.57. The quantitative estimate of drug-likeness (QED) is 0.573. The van der Waals surface area contributed by atoms with Gasteiger partial charge in [0.2, 0.25) is 0 Å². The maximum atomic E-state index is 5.57. The van der Waals surface area contributed by atoms with Crippen molar-refractivity contribution in [3.63, 3.8) is 0 Å². The Morgan fingerprint density at radius 2 is 2.19 bits per heavy atom. The Hall–Kier alpha value is -2.40. The summed E-state index contributed by atoms with van der Waals surface area (Å²) in [5.74, 6) is 0.873. The largest absolute Gasteiger partial charge is 0.494 e. The second-order valence-electron chi connectivity index (χ2n) is 4.66. The summed E-state index contributed by atoms with van der Waals surface area (Å²) in [6.45, 7) is 2.65. The van der Waals surface area contributed by atoms with E-state index in [0.29, 0.717) is 6.61 Å². The number of ether oxygens (including phenoxy) is 1. The van der Waals surface area contributed by atoms with Gasteiger partial charge in [0.25, 0.3) is 0 Å². The monoisotopic (exact) mass is 295 g/mol. The van der Waals surface area contributed by atoms with Crippen LogP contribution in [0.15, 0.2) is 48.8 Å². The van der Waals surface area contributed by atoms with Crippen molar-refractivity contribution in [3.8, 4) is 16.3 Å². The Kier molecular flexibility index (Phi) is 2.86. The third-order valence-electron chi connectivity index (χ3n) is 3.30. The van der Waals surface area contributed by atoms with E-state index in [-0.39, 0.29) is 0 Å². The molecule has 0 fully saturated rings. The molecule has 4 aromatic rings. The lowest BCUT2D eigenvalue weighted by Gasteiger charge is -2.01. The van der Waals surface area contributed by atoms with Crippen LogP contribution in [0.25, 0.3) is 26.6 Å². The van der Waals surface area contributed by atoms with Crippen molar-refractivity contribution in [1.29, 1.82) is 0 Å². The molecule has 5 heteroatoms. The topological polar surface area (TPSA) is 39.4 Å². The second kappa shape index (κ2) is 4.86. The van der Waals surface area contributed by atoms with Gasteiger partial charge in [0.1, 0.15) is 5.75 Å². The van der Waals surface area contributed by atoms with Gasteiger partial charge < -0.3 is 4.74 Å². The van der Waals surface area contributed by atoms with Gasteiger partial charge in [-0.3, -0.25) is 9.38 Å². The molecule has 0 aliphatic rings. The Balaban J connectivity index is 1.89. The highest BCUT2D eigenvalue weighted by atomic mass is 32.1. The zero-order chi connectivity index (χ0) is 14.2. The van der Waals surface area contributed by atoms with Gasteiger partial charge in [0, 0.05) is 18.5 Å². The number of hydrogen-bond donors (Lipinski definition) is 0. The van der Waals surface area contributed by atoms with Crippen LogP contribution < -0.4 is 4.74 Å². The number of benzene rings is 1. The highest BCUT2D eigenvalue weighted by molar-refractivity contribution is 7.20. The van der Waals surface area contributed by atoms with Crippen molar-refractivity contribution in [2.24, 2.45) is 0 Å². The fourth-order valence-electron chi connectivity index (χ4n) is 2.37. The van der Waals surface area contributed by atoms with E-state index in [1.165, 1.54) is 0 Å². The van der Waals surface area contributed by atoms with Crippen molar-refractivity contribution in [3.05, 3.63) is 48.8 Å². The normalized spacial score (nSPS) is 11.3. The van der Waals surface area contributed by atoms with Gasteiger partial charge in [0.05, 0.1) is 28.2 Å². The van der Waals surface area contributed by atoms with Crippen molar-refractivity contribution in [2.45, 2.75) is 6.92 Å². The minimum atomic E-state index is 0.663. The zero-order valence-corrected chi connectivity index (χ0v) is 12.3. The molecule has 104 valence electrons. The summed E-state index contributed by atoms with van der Waals surface area (Å²) in [4.78, 5) is 11.1. The van der Waals surface area contributed by atoms with E-state index in [1.54, 1.807) is 11.3 Å². The Bertz CT molecular complexity index is 911. The molecule has 0 amide bonds. The summed E-state index contributed by atoms with van der Waals surface area (Å²) >= 11 is 1.64. The number of rotatable bonds is 3. The summed E-state index contributed by atoms with van der Waals surface area (Å²) in [5, 5.41) is 0. The van der Waals surface area contributed by atoms with E-state index < -0.39 is 0 Å². The van der Waals surface area contributed by atoms with Crippen LogP contribution in [0.2, 0.25) is 0 Å². The second-order valence-corrected chi connectivity index (χ2v) is 5.67. The molecule has 3 aromatic heterocycles. The van der Waals surface area contributed by atoms with Gasteiger partial charge in [-0.25, -0.2) is 4.98 Å². The molecule has 0 saturated carbocycles.